The van der Waals surface area contributed by atoms with Gasteiger partial charge in [0.25, 0.3) is 0 Å². The van der Waals surface area contributed by atoms with E-state index < -0.39 is 10.0 Å². The topological polar surface area (TPSA) is 77.6 Å². The van der Waals surface area contributed by atoms with Crippen molar-refractivity contribution in [2.45, 2.75) is 55.6 Å². The molecular formula is C21H25N3O4S. The molecular weight excluding hydrogens is 390 g/mol. The first-order valence-electron chi connectivity index (χ1n) is 10.3. The Hall–Kier alpha value is -2.32. The maximum absolute atomic E-state index is 12.6. The fraction of sp³-hybridized carbons (Fsp3) is 0.476. The number of aromatic nitrogens is 2. The summed E-state index contributed by atoms with van der Waals surface area (Å²) in [6.07, 6.45) is 11.0. The van der Waals surface area contributed by atoms with Crippen LogP contribution in [0.2, 0.25) is 0 Å². The molecule has 1 saturated heterocycles. The van der Waals surface area contributed by atoms with Crippen molar-refractivity contribution < 1.29 is 17.7 Å². The number of sulfonamides is 1. The van der Waals surface area contributed by atoms with Crippen LogP contribution in [0.15, 0.2) is 52.3 Å². The Balaban J connectivity index is 1.29. The van der Waals surface area contributed by atoms with E-state index in [0.29, 0.717) is 32.0 Å². The molecule has 154 valence electrons. The number of rotatable bonds is 5. The van der Waals surface area contributed by atoms with Crippen molar-refractivity contribution in [3.8, 4) is 5.75 Å². The van der Waals surface area contributed by atoms with E-state index in [0.717, 1.165) is 11.1 Å². The highest BCUT2D eigenvalue weighted by Gasteiger charge is 2.31. The van der Waals surface area contributed by atoms with E-state index in [-0.39, 0.29) is 11.0 Å². The van der Waals surface area contributed by atoms with Gasteiger partial charge in [0.2, 0.25) is 10.0 Å². The molecule has 1 saturated carbocycles. The number of hydrogen-bond donors (Lipinski definition) is 0. The van der Waals surface area contributed by atoms with E-state index in [2.05, 4.69) is 38.6 Å². The average Bonchev–Trinajstić information content (AvgIpc) is 3.49. The van der Waals surface area contributed by atoms with Crippen LogP contribution in [-0.4, -0.2) is 41.6 Å². The smallest absolute Gasteiger partial charge is 0.247 e. The quantitative estimate of drug-likeness (QED) is 0.630. The summed E-state index contributed by atoms with van der Waals surface area (Å²) in [5.74, 6) is 0.889. The van der Waals surface area contributed by atoms with Gasteiger partial charge in [0.15, 0.2) is 0 Å². The van der Waals surface area contributed by atoms with Crippen LogP contribution in [0, 0.1) is 0 Å². The van der Waals surface area contributed by atoms with Crippen LogP contribution in [-0.2, 0) is 10.0 Å². The fourth-order valence-electron chi connectivity index (χ4n) is 4.61. The monoisotopic (exact) mass is 415 g/mol. The van der Waals surface area contributed by atoms with Crippen LogP contribution in [0.5, 0.6) is 5.75 Å². The third-order valence-electron chi connectivity index (χ3n) is 6.18. The van der Waals surface area contributed by atoms with Crippen LogP contribution in [0.4, 0.5) is 0 Å². The summed E-state index contributed by atoms with van der Waals surface area (Å²) in [7, 11) is -3.54. The Bertz CT molecular complexity index is 1080. The van der Waals surface area contributed by atoms with Crippen molar-refractivity contribution in [2.24, 2.45) is 0 Å². The van der Waals surface area contributed by atoms with E-state index in [9.17, 15) is 8.42 Å². The molecule has 5 rings (SSSR count). The molecule has 0 spiro atoms. The highest BCUT2D eigenvalue weighted by Crippen LogP contribution is 2.36. The molecule has 0 amide bonds. The Morgan fingerprint density at radius 3 is 2.59 bits per heavy atom. The predicted molar refractivity (Wildman–Crippen MR) is 108 cm³/mol. The summed E-state index contributed by atoms with van der Waals surface area (Å²) >= 11 is 0. The first-order chi connectivity index (χ1) is 14.1. The van der Waals surface area contributed by atoms with Crippen molar-refractivity contribution >= 4 is 20.9 Å². The van der Waals surface area contributed by atoms with E-state index in [1.165, 1.54) is 48.0 Å². The highest BCUT2D eigenvalue weighted by atomic mass is 32.2. The van der Waals surface area contributed by atoms with Crippen LogP contribution in [0.3, 0.4) is 0 Å². The Morgan fingerprint density at radius 1 is 1.07 bits per heavy atom. The Kier molecular flexibility index (Phi) is 4.83. The lowest BCUT2D eigenvalue weighted by Gasteiger charge is -2.31. The molecule has 2 fully saturated rings. The van der Waals surface area contributed by atoms with Gasteiger partial charge >= 0.3 is 0 Å². The predicted octanol–water partition coefficient (Wildman–Crippen LogP) is 3.98. The van der Waals surface area contributed by atoms with Crippen LogP contribution < -0.4 is 4.74 Å². The Morgan fingerprint density at radius 2 is 1.86 bits per heavy atom. The molecule has 0 unspecified atom stereocenters. The van der Waals surface area contributed by atoms with Crippen molar-refractivity contribution in [2.75, 3.05) is 13.1 Å². The molecule has 7 nitrogen and oxygen atoms in total. The lowest BCUT2D eigenvalue weighted by molar-refractivity contribution is 0.137. The molecule has 0 bridgehead atoms. The van der Waals surface area contributed by atoms with Gasteiger partial charge in [-0.25, -0.2) is 8.42 Å². The first kappa shape index (κ1) is 18.7. The maximum Gasteiger partial charge on any atom is 0.247 e. The molecule has 2 aliphatic rings. The number of benzene rings is 1. The van der Waals surface area contributed by atoms with Gasteiger partial charge in [0, 0.05) is 30.7 Å². The molecule has 1 aromatic carbocycles. The largest absolute Gasteiger partial charge is 0.490 e. The zero-order chi connectivity index (χ0) is 19.8. The molecule has 3 aromatic rings. The number of hydrogen-bond acceptors (Lipinski definition) is 5. The van der Waals surface area contributed by atoms with Crippen molar-refractivity contribution in [3.05, 3.63) is 42.9 Å². The summed E-state index contributed by atoms with van der Waals surface area (Å²) in [5.41, 5.74) is 1.22. The third kappa shape index (κ3) is 3.44. The summed E-state index contributed by atoms with van der Waals surface area (Å²) in [5, 5.41) is 4.64. The minimum Gasteiger partial charge on any atom is -0.490 e. The van der Waals surface area contributed by atoms with Gasteiger partial charge in [-0.1, -0.05) is 24.1 Å². The van der Waals surface area contributed by atoms with Crippen LogP contribution in [0.25, 0.3) is 10.9 Å². The molecule has 8 heteroatoms. The van der Waals surface area contributed by atoms with Crippen molar-refractivity contribution in [1.29, 1.82) is 0 Å². The van der Waals surface area contributed by atoms with Crippen LogP contribution >= 0.6 is 0 Å². The van der Waals surface area contributed by atoms with E-state index >= 15 is 0 Å². The molecule has 0 radical (unpaired) electrons. The molecule has 1 aliphatic carbocycles. The van der Waals surface area contributed by atoms with E-state index in [4.69, 9.17) is 4.74 Å². The van der Waals surface area contributed by atoms with E-state index in [1.807, 2.05) is 6.07 Å². The molecule has 3 heterocycles. The first-order valence-corrected chi connectivity index (χ1v) is 11.7. The second-order valence-electron chi connectivity index (χ2n) is 7.93. The molecule has 0 N–H and O–H groups in total. The molecule has 29 heavy (non-hydrogen) atoms. The Labute approximate surface area is 170 Å². The van der Waals surface area contributed by atoms with E-state index in [1.54, 1.807) is 0 Å². The molecule has 0 atom stereocenters. The number of ether oxygens (including phenoxy) is 1. The van der Waals surface area contributed by atoms with Crippen LogP contribution in [0.1, 0.15) is 44.6 Å². The zero-order valence-electron chi connectivity index (χ0n) is 16.2. The van der Waals surface area contributed by atoms with Gasteiger partial charge in [-0.05, 0) is 43.9 Å². The van der Waals surface area contributed by atoms with Gasteiger partial charge in [0.05, 0.1) is 11.7 Å². The van der Waals surface area contributed by atoms with Gasteiger partial charge in [-0.15, -0.1) is 0 Å². The third-order valence-corrected chi connectivity index (χ3v) is 8.03. The lowest BCUT2D eigenvalue weighted by Crippen LogP contribution is -2.41. The summed E-state index contributed by atoms with van der Waals surface area (Å²) in [4.78, 5) is 0.106. The molecule has 1 aliphatic heterocycles. The normalized spacial score (nSPS) is 19.9. The molecule has 2 aromatic heterocycles. The second-order valence-corrected chi connectivity index (χ2v) is 9.87. The van der Waals surface area contributed by atoms with Gasteiger partial charge in [-0.2, -0.15) is 4.31 Å². The standard InChI is InChI=1S/C21H25N3O4S/c25-29(26,18-14-22-27-15-18)23-11-8-17(9-12-23)28-21-7-3-6-20-19(21)10-13-24(20)16-4-1-2-5-16/h3,6-7,10,13-17H,1-2,4-5,8-9,11-12H2. The lowest BCUT2D eigenvalue weighted by atomic mass is 10.1. The second kappa shape index (κ2) is 7.50. The maximum atomic E-state index is 12.6. The summed E-state index contributed by atoms with van der Waals surface area (Å²) in [6.45, 7) is 0.856. The fourth-order valence-corrected chi connectivity index (χ4v) is 5.94. The number of fused-ring (bicyclic) bond motifs is 1. The van der Waals surface area contributed by atoms with Gasteiger partial charge in [-0.3, -0.25) is 0 Å². The van der Waals surface area contributed by atoms with Crippen molar-refractivity contribution in [3.63, 3.8) is 0 Å². The number of nitrogens with zero attached hydrogens (tertiary/aromatic N) is 3. The van der Waals surface area contributed by atoms with Gasteiger partial charge < -0.3 is 13.8 Å². The highest BCUT2D eigenvalue weighted by molar-refractivity contribution is 7.89. The zero-order valence-corrected chi connectivity index (χ0v) is 17.1. The minimum atomic E-state index is -3.54. The summed E-state index contributed by atoms with van der Waals surface area (Å²) < 4.78 is 40.1. The van der Waals surface area contributed by atoms with Gasteiger partial charge in [0.1, 0.15) is 23.0 Å². The average molecular weight is 416 g/mol. The summed E-state index contributed by atoms with van der Waals surface area (Å²) in [6, 6.07) is 8.97. The minimum absolute atomic E-state index is 0.00403. The van der Waals surface area contributed by atoms with Crippen molar-refractivity contribution in [1.82, 2.24) is 14.0 Å². The SMILES string of the molecule is O=S(=O)(c1cnoc1)N1CCC(Oc2cccc3c2ccn3C2CCCC2)CC1. The number of piperidine rings is 1.